The molecule has 4 aromatic carbocycles. The third kappa shape index (κ3) is 2.09. The van der Waals surface area contributed by atoms with E-state index >= 15 is 0 Å². The summed E-state index contributed by atoms with van der Waals surface area (Å²) >= 11 is 1.79. The fraction of sp³-hybridized carbons (Fsp3) is 0.0909. The Balaban J connectivity index is 1.91. The van der Waals surface area contributed by atoms with Gasteiger partial charge < -0.3 is 9.47 Å². The van der Waals surface area contributed by atoms with Crippen LogP contribution in [0.15, 0.2) is 60.0 Å². The van der Waals surface area contributed by atoms with E-state index in [0.29, 0.717) is 0 Å². The van der Waals surface area contributed by atoms with Crippen LogP contribution in [0.4, 0.5) is 0 Å². The number of hydrogen-bond donors (Lipinski definition) is 0. The van der Waals surface area contributed by atoms with E-state index in [1.807, 2.05) is 6.07 Å². The van der Waals surface area contributed by atoms with Gasteiger partial charge in [-0.15, -0.1) is 11.3 Å². The molecule has 1 heterocycles. The van der Waals surface area contributed by atoms with E-state index in [-0.39, 0.29) is 0 Å². The predicted molar refractivity (Wildman–Crippen MR) is 107 cm³/mol. The first-order valence-electron chi connectivity index (χ1n) is 8.17. The molecule has 0 spiro atoms. The van der Waals surface area contributed by atoms with Crippen molar-refractivity contribution in [1.82, 2.24) is 0 Å². The number of fused-ring (bicyclic) bond motifs is 6. The molecule has 5 aromatic rings. The molecule has 0 bridgehead atoms. The van der Waals surface area contributed by atoms with Crippen molar-refractivity contribution < 1.29 is 9.47 Å². The first-order chi connectivity index (χ1) is 12.3. The van der Waals surface area contributed by atoms with Crippen LogP contribution >= 0.6 is 11.3 Å². The zero-order valence-electron chi connectivity index (χ0n) is 14.0. The van der Waals surface area contributed by atoms with Crippen LogP contribution in [0.3, 0.4) is 0 Å². The van der Waals surface area contributed by atoms with Gasteiger partial charge in [0, 0.05) is 10.1 Å². The molecule has 2 nitrogen and oxygen atoms in total. The summed E-state index contributed by atoms with van der Waals surface area (Å²) in [5.74, 6) is 1.52. The average molecular weight is 344 g/mol. The first-order valence-corrected chi connectivity index (χ1v) is 9.05. The van der Waals surface area contributed by atoms with Crippen LogP contribution in [0.5, 0.6) is 11.5 Å². The summed E-state index contributed by atoms with van der Waals surface area (Å²) in [5, 5.41) is 10.9. The highest BCUT2D eigenvalue weighted by molar-refractivity contribution is 7.17. The predicted octanol–water partition coefficient (Wildman–Crippen LogP) is 6.38. The largest absolute Gasteiger partial charge is 0.493 e. The molecule has 0 saturated carbocycles. The summed E-state index contributed by atoms with van der Waals surface area (Å²) in [6.07, 6.45) is 0. The van der Waals surface area contributed by atoms with Crippen LogP contribution in [0.2, 0.25) is 0 Å². The van der Waals surface area contributed by atoms with Gasteiger partial charge >= 0.3 is 0 Å². The van der Waals surface area contributed by atoms with Crippen molar-refractivity contribution >= 4 is 53.7 Å². The van der Waals surface area contributed by atoms with Gasteiger partial charge in [0.2, 0.25) is 0 Å². The Morgan fingerprint density at radius 3 is 2.04 bits per heavy atom. The van der Waals surface area contributed by atoms with Gasteiger partial charge in [-0.25, -0.2) is 0 Å². The molecule has 25 heavy (non-hydrogen) atoms. The van der Waals surface area contributed by atoms with E-state index in [2.05, 4.69) is 53.9 Å². The lowest BCUT2D eigenvalue weighted by molar-refractivity contribution is 0.356. The van der Waals surface area contributed by atoms with Crippen molar-refractivity contribution in [3.8, 4) is 11.5 Å². The molecule has 0 saturated heterocycles. The molecule has 122 valence electrons. The molecule has 3 heteroatoms. The molecule has 0 atom stereocenters. The second kappa shape index (κ2) is 5.36. The summed E-state index contributed by atoms with van der Waals surface area (Å²) in [6, 6.07) is 19.7. The standard InChI is InChI=1S/C22H16O2S/c1-23-20-11-14-9-13-3-4-16-17(5-6-22-18(16)7-8-25-22)19(13)10-15(14)12-21(20)24-2/h3-12H,1-2H3. The molecule has 0 N–H and O–H groups in total. The molecule has 5 rings (SSSR count). The molecular formula is C22H16O2S. The molecule has 0 aliphatic rings. The summed E-state index contributed by atoms with van der Waals surface area (Å²) in [7, 11) is 3.35. The van der Waals surface area contributed by atoms with Crippen molar-refractivity contribution in [3.63, 3.8) is 0 Å². The van der Waals surface area contributed by atoms with Crippen LogP contribution in [-0.4, -0.2) is 14.2 Å². The SMILES string of the molecule is COc1cc2cc3ccc4c5ccsc5ccc4c3cc2cc1OC. The number of ether oxygens (including phenoxy) is 2. The molecule has 0 aliphatic carbocycles. The third-order valence-electron chi connectivity index (χ3n) is 4.91. The van der Waals surface area contributed by atoms with Crippen LogP contribution in [0, 0.1) is 0 Å². The molecule has 0 unspecified atom stereocenters. The molecule has 0 aliphatic heterocycles. The van der Waals surface area contributed by atoms with E-state index in [1.165, 1.54) is 31.6 Å². The smallest absolute Gasteiger partial charge is 0.161 e. The fourth-order valence-electron chi connectivity index (χ4n) is 3.67. The Morgan fingerprint density at radius 2 is 1.28 bits per heavy atom. The van der Waals surface area contributed by atoms with Crippen molar-refractivity contribution in [2.24, 2.45) is 0 Å². The minimum absolute atomic E-state index is 0.759. The van der Waals surface area contributed by atoms with Crippen molar-refractivity contribution in [3.05, 3.63) is 60.0 Å². The fourth-order valence-corrected chi connectivity index (χ4v) is 4.47. The van der Waals surface area contributed by atoms with Gasteiger partial charge in [0.25, 0.3) is 0 Å². The van der Waals surface area contributed by atoms with Crippen molar-refractivity contribution in [2.75, 3.05) is 14.2 Å². The minimum Gasteiger partial charge on any atom is -0.493 e. The third-order valence-corrected chi connectivity index (χ3v) is 5.79. The van der Waals surface area contributed by atoms with Gasteiger partial charge in [-0.2, -0.15) is 0 Å². The van der Waals surface area contributed by atoms with Gasteiger partial charge in [-0.1, -0.05) is 18.2 Å². The van der Waals surface area contributed by atoms with Gasteiger partial charge in [-0.05, 0) is 74.1 Å². The van der Waals surface area contributed by atoms with Crippen molar-refractivity contribution in [1.29, 1.82) is 0 Å². The quantitative estimate of drug-likeness (QED) is 0.273. The van der Waals surface area contributed by atoms with Crippen LogP contribution in [0.1, 0.15) is 0 Å². The average Bonchev–Trinajstić information content (AvgIpc) is 3.14. The number of rotatable bonds is 2. The zero-order chi connectivity index (χ0) is 17.0. The molecular weight excluding hydrogens is 328 g/mol. The Hall–Kier alpha value is -2.78. The van der Waals surface area contributed by atoms with E-state index in [0.717, 1.165) is 22.3 Å². The van der Waals surface area contributed by atoms with Gasteiger partial charge in [-0.3, -0.25) is 0 Å². The van der Waals surface area contributed by atoms with E-state index < -0.39 is 0 Å². The minimum atomic E-state index is 0.759. The Bertz CT molecular complexity index is 1270. The lowest BCUT2D eigenvalue weighted by Crippen LogP contribution is -1.90. The number of thiophene rings is 1. The number of hydrogen-bond acceptors (Lipinski definition) is 3. The molecule has 0 radical (unpaired) electrons. The van der Waals surface area contributed by atoms with Crippen LogP contribution in [-0.2, 0) is 0 Å². The van der Waals surface area contributed by atoms with Gasteiger partial charge in [0.15, 0.2) is 11.5 Å². The zero-order valence-corrected chi connectivity index (χ0v) is 14.8. The monoisotopic (exact) mass is 344 g/mol. The lowest BCUT2D eigenvalue weighted by Gasteiger charge is -2.11. The van der Waals surface area contributed by atoms with Crippen LogP contribution in [0.25, 0.3) is 42.4 Å². The molecule has 0 fully saturated rings. The Kier molecular flexibility index (Phi) is 3.12. The van der Waals surface area contributed by atoms with Crippen LogP contribution < -0.4 is 9.47 Å². The van der Waals surface area contributed by atoms with E-state index in [1.54, 1.807) is 25.6 Å². The highest BCUT2D eigenvalue weighted by Gasteiger charge is 2.10. The topological polar surface area (TPSA) is 18.5 Å². The maximum absolute atomic E-state index is 5.47. The highest BCUT2D eigenvalue weighted by atomic mass is 32.1. The second-order valence-electron chi connectivity index (χ2n) is 6.19. The molecule has 0 amide bonds. The van der Waals surface area contributed by atoms with E-state index in [9.17, 15) is 0 Å². The summed E-state index contributed by atoms with van der Waals surface area (Å²) in [4.78, 5) is 0. The lowest BCUT2D eigenvalue weighted by atomic mass is 9.97. The van der Waals surface area contributed by atoms with E-state index in [4.69, 9.17) is 9.47 Å². The maximum atomic E-state index is 5.47. The number of benzene rings is 4. The normalized spacial score (nSPS) is 11.6. The maximum Gasteiger partial charge on any atom is 0.161 e. The molecule has 1 aromatic heterocycles. The Labute approximate surface area is 149 Å². The van der Waals surface area contributed by atoms with Gasteiger partial charge in [0.1, 0.15) is 0 Å². The summed E-state index contributed by atoms with van der Waals surface area (Å²) in [6.45, 7) is 0. The number of methoxy groups -OCH3 is 2. The highest BCUT2D eigenvalue weighted by Crippen LogP contribution is 2.38. The summed E-state index contributed by atoms with van der Waals surface area (Å²) < 4.78 is 12.2. The first kappa shape index (κ1) is 14.6. The Morgan fingerprint density at radius 1 is 0.600 bits per heavy atom. The van der Waals surface area contributed by atoms with Crippen molar-refractivity contribution in [2.45, 2.75) is 0 Å². The second-order valence-corrected chi connectivity index (χ2v) is 7.13. The summed E-state index contributed by atoms with van der Waals surface area (Å²) in [5.41, 5.74) is 0. The van der Waals surface area contributed by atoms with Gasteiger partial charge in [0.05, 0.1) is 14.2 Å².